The maximum atomic E-state index is 13.0. The summed E-state index contributed by atoms with van der Waals surface area (Å²) in [7, 11) is 0. The molecule has 0 aliphatic carbocycles. The number of carboxylic acid groups (broad SMARTS) is 1. The second-order valence-corrected chi connectivity index (χ2v) is 5.50. The third kappa shape index (κ3) is 2.36. The first kappa shape index (κ1) is 14.0. The maximum Gasteiger partial charge on any atom is 0.341 e. The highest BCUT2D eigenvalue weighted by molar-refractivity contribution is 5.99. The predicted molar refractivity (Wildman–Crippen MR) is 74.0 cm³/mol. The summed E-state index contributed by atoms with van der Waals surface area (Å²) in [4.78, 5) is 11.4. The zero-order valence-electron chi connectivity index (χ0n) is 11.5. The van der Waals surface area contributed by atoms with Gasteiger partial charge in [0.05, 0.1) is 5.54 Å². The van der Waals surface area contributed by atoms with Crippen molar-refractivity contribution in [2.45, 2.75) is 26.3 Å². The lowest BCUT2D eigenvalue weighted by atomic mass is 10.1. The molecular weight excluding hydrogens is 261 g/mol. The molecule has 6 heteroatoms. The number of hydrogen-bond donors (Lipinski definition) is 2. The van der Waals surface area contributed by atoms with Gasteiger partial charge in [0.2, 0.25) is 0 Å². The molecule has 2 aromatic rings. The third-order valence-electron chi connectivity index (χ3n) is 2.89. The Labute approximate surface area is 115 Å². The average Bonchev–Trinajstić information content (AvgIpc) is 2.67. The number of aromatic nitrogens is 2. The van der Waals surface area contributed by atoms with Crippen LogP contribution in [0.25, 0.3) is 11.3 Å². The van der Waals surface area contributed by atoms with Gasteiger partial charge in [0, 0.05) is 5.56 Å². The maximum absolute atomic E-state index is 13.0. The molecule has 3 N–H and O–H groups in total. The molecule has 1 heterocycles. The number of halogens is 1. The lowest BCUT2D eigenvalue weighted by molar-refractivity contribution is 0.0698. The highest BCUT2D eigenvalue weighted by atomic mass is 19.1. The summed E-state index contributed by atoms with van der Waals surface area (Å²) in [5.74, 6) is -1.46. The van der Waals surface area contributed by atoms with Crippen molar-refractivity contribution in [3.05, 3.63) is 35.6 Å². The van der Waals surface area contributed by atoms with Crippen molar-refractivity contribution in [3.63, 3.8) is 0 Å². The van der Waals surface area contributed by atoms with E-state index in [1.54, 1.807) is 0 Å². The van der Waals surface area contributed by atoms with Crippen LogP contribution in [0.4, 0.5) is 10.2 Å². The Morgan fingerprint density at radius 1 is 1.30 bits per heavy atom. The Bertz CT molecular complexity index is 654. The summed E-state index contributed by atoms with van der Waals surface area (Å²) in [6.07, 6.45) is 0. The minimum atomic E-state index is -1.16. The molecule has 0 radical (unpaired) electrons. The molecule has 0 unspecified atom stereocenters. The van der Waals surface area contributed by atoms with Crippen LogP contribution in [0.2, 0.25) is 0 Å². The van der Waals surface area contributed by atoms with E-state index in [4.69, 9.17) is 5.73 Å². The average molecular weight is 277 g/mol. The molecule has 0 spiro atoms. The Morgan fingerprint density at radius 2 is 1.85 bits per heavy atom. The Hall–Kier alpha value is -2.37. The third-order valence-corrected chi connectivity index (χ3v) is 2.89. The van der Waals surface area contributed by atoms with Crippen LogP contribution >= 0.6 is 0 Å². The van der Waals surface area contributed by atoms with E-state index >= 15 is 0 Å². The Kier molecular flexibility index (Phi) is 3.25. The van der Waals surface area contributed by atoms with E-state index in [1.165, 1.54) is 28.9 Å². The van der Waals surface area contributed by atoms with Crippen molar-refractivity contribution < 1.29 is 14.3 Å². The van der Waals surface area contributed by atoms with Crippen LogP contribution in [0, 0.1) is 5.82 Å². The lowest BCUT2D eigenvalue weighted by Crippen LogP contribution is -2.25. The van der Waals surface area contributed by atoms with Crippen LogP contribution in [-0.4, -0.2) is 20.9 Å². The molecule has 1 aromatic carbocycles. The number of anilines is 1. The number of nitrogens with two attached hydrogens (primary N) is 1. The normalized spacial score (nSPS) is 11.6. The number of carbonyl (C=O) groups is 1. The largest absolute Gasteiger partial charge is 0.477 e. The highest BCUT2D eigenvalue weighted by Crippen LogP contribution is 2.31. The van der Waals surface area contributed by atoms with E-state index in [-0.39, 0.29) is 17.1 Å². The Morgan fingerprint density at radius 3 is 2.30 bits per heavy atom. The fraction of sp³-hybridized carbons (Fsp3) is 0.286. The molecule has 20 heavy (non-hydrogen) atoms. The van der Waals surface area contributed by atoms with E-state index in [9.17, 15) is 14.3 Å². The van der Waals surface area contributed by atoms with Crippen molar-refractivity contribution in [1.29, 1.82) is 0 Å². The summed E-state index contributed by atoms with van der Waals surface area (Å²) in [5.41, 5.74) is 6.14. The Balaban J connectivity index is 2.69. The van der Waals surface area contributed by atoms with Gasteiger partial charge < -0.3 is 10.8 Å². The van der Waals surface area contributed by atoms with Crippen molar-refractivity contribution >= 4 is 11.8 Å². The molecule has 2 rings (SSSR count). The van der Waals surface area contributed by atoms with E-state index in [0.717, 1.165) is 0 Å². The number of aromatic carboxylic acids is 1. The molecule has 0 aliphatic rings. The van der Waals surface area contributed by atoms with E-state index < -0.39 is 17.3 Å². The number of benzene rings is 1. The van der Waals surface area contributed by atoms with Crippen LogP contribution in [0.3, 0.4) is 0 Å². The molecule has 0 fully saturated rings. The molecule has 0 aliphatic heterocycles. The van der Waals surface area contributed by atoms with Crippen LogP contribution in [0.15, 0.2) is 24.3 Å². The smallest absolute Gasteiger partial charge is 0.341 e. The van der Waals surface area contributed by atoms with Crippen molar-refractivity contribution in [3.8, 4) is 11.3 Å². The number of nitrogens with zero attached hydrogens (tertiary/aromatic N) is 2. The standard InChI is InChI=1S/C14H16FN3O2/c1-14(2,3)18-12(16)10(13(19)20)11(17-18)8-4-6-9(15)7-5-8/h4-7H,16H2,1-3H3,(H,19,20). The zero-order chi connectivity index (χ0) is 15.1. The monoisotopic (exact) mass is 277 g/mol. The molecule has 0 bridgehead atoms. The molecule has 0 atom stereocenters. The van der Waals surface area contributed by atoms with Gasteiger partial charge in [0.15, 0.2) is 0 Å². The summed E-state index contributed by atoms with van der Waals surface area (Å²) in [6, 6.07) is 5.48. The fourth-order valence-electron chi connectivity index (χ4n) is 1.96. The van der Waals surface area contributed by atoms with E-state index in [1.807, 2.05) is 20.8 Å². The highest BCUT2D eigenvalue weighted by Gasteiger charge is 2.27. The van der Waals surface area contributed by atoms with Gasteiger partial charge in [-0.3, -0.25) is 0 Å². The van der Waals surface area contributed by atoms with Gasteiger partial charge in [-0.05, 0) is 45.0 Å². The minimum absolute atomic E-state index is 0.0634. The van der Waals surface area contributed by atoms with Gasteiger partial charge in [-0.15, -0.1) is 0 Å². The molecular formula is C14H16FN3O2. The summed E-state index contributed by atoms with van der Waals surface area (Å²) in [5, 5.41) is 13.6. The van der Waals surface area contributed by atoms with Crippen LogP contribution in [-0.2, 0) is 5.54 Å². The SMILES string of the molecule is CC(C)(C)n1nc(-c2ccc(F)cc2)c(C(=O)O)c1N. The molecule has 5 nitrogen and oxygen atoms in total. The second-order valence-electron chi connectivity index (χ2n) is 5.50. The van der Waals surface area contributed by atoms with Gasteiger partial charge in [0.25, 0.3) is 0 Å². The molecule has 0 saturated heterocycles. The van der Waals surface area contributed by atoms with Crippen molar-refractivity contribution in [2.75, 3.05) is 5.73 Å². The summed E-state index contributed by atoms with van der Waals surface area (Å²) >= 11 is 0. The first-order chi connectivity index (χ1) is 9.21. The first-order valence-electron chi connectivity index (χ1n) is 6.10. The molecule has 0 saturated carbocycles. The van der Waals surface area contributed by atoms with Crippen molar-refractivity contribution in [1.82, 2.24) is 9.78 Å². The lowest BCUT2D eigenvalue weighted by Gasteiger charge is -2.20. The topological polar surface area (TPSA) is 81.1 Å². The van der Waals surface area contributed by atoms with Gasteiger partial charge in [0.1, 0.15) is 22.9 Å². The number of carboxylic acids is 1. The fourth-order valence-corrected chi connectivity index (χ4v) is 1.96. The first-order valence-corrected chi connectivity index (χ1v) is 6.10. The summed E-state index contributed by atoms with van der Waals surface area (Å²) < 4.78 is 14.4. The van der Waals surface area contributed by atoms with Gasteiger partial charge >= 0.3 is 5.97 Å². The van der Waals surface area contributed by atoms with Gasteiger partial charge in [-0.1, -0.05) is 0 Å². The minimum Gasteiger partial charge on any atom is -0.477 e. The number of rotatable bonds is 2. The van der Waals surface area contributed by atoms with Gasteiger partial charge in [-0.25, -0.2) is 13.9 Å². The molecule has 106 valence electrons. The molecule has 0 amide bonds. The quantitative estimate of drug-likeness (QED) is 0.884. The van der Waals surface area contributed by atoms with Crippen LogP contribution < -0.4 is 5.73 Å². The number of nitrogen functional groups attached to an aromatic ring is 1. The predicted octanol–water partition coefficient (Wildman–Crippen LogP) is 2.72. The summed E-state index contributed by atoms with van der Waals surface area (Å²) in [6.45, 7) is 5.61. The number of hydrogen-bond acceptors (Lipinski definition) is 3. The van der Waals surface area contributed by atoms with Crippen molar-refractivity contribution in [2.24, 2.45) is 0 Å². The second kappa shape index (κ2) is 4.63. The zero-order valence-corrected chi connectivity index (χ0v) is 11.5. The van der Waals surface area contributed by atoms with Crippen LogP contribution in [0.1, 0.15) is 31.1 Å². The van der Waals surface area contributed by atoms with Crippen LogP contribution in [0.5, 0.6) is 0 Å². The van der Waals surface area contributed by atoms with E-state index in [0.29, 0.717) is 5.56 Å². The van der Waals surface area contributed by atoms with E-state index in [2.05, 4.69) is 5.10 Å². The molecule has 1 aromatic heterocycles. The van der Waals surface area contributed by atoms with Gasteiger partial charge in [-0.2, -0.15) is 5.10 Å².